The average molecular weight is 355 g/mol. The van der Waals surface area contributed by atoms with Crippen LogP contribution in [0.2, 0.25) is 0 Å². The lowest BCUT2D eigenvalue weighted by atomic mass is 10.0. The third-order valence-corrected chi connectivity index (χ3v) is 5.11. The number of nitrogens with one attached hydrogen (secondary N) is 2. The highest BCUT2D eigenvalue weighted by atomic mass is 15.3. The Morgan fingerprint density at radius 3 is 2.65 bits per heavy atom. The van der Waals surface area contributed by atoms with Gasteiger partial charge in [-0.25, -0.2) is 9.67 Å². The van der Waals surface area contributed by atoms with E-state index in [0.29, 0.717) is 0 Å². The van der Waals surface area contributed by atoms with Crippen molar-refractivity contribution < 1.29 is 0 Å². The zero-order valence-corrected chi connectivity index (χ0v) is 15.7. The van der Waals surface area contributed by atoms with E-state index in [9.17, 15) is 0 Å². The molecule has 0 amide bonds. The first kappa shape index (κ1) is 18.4. The molecule has 0 atom stereocenters. The smallest absolute Gasteiger partial charge is 0.191 e. The first-order valence-electron chi connectivity index (χ1n) is 9.73. The van der Waals surface area contributed by atoms with Crippen molar-refractivity contribution in [3.05, 3.63) is 42.5 Å². The molecule has 0 saturated heterocycles. The molecule has 140 valence electrons. The van der Waals surface area contributed by atoms with Crippen LogP contribution in [-0.2, 0) is 6.54 Å². The lowest BCUT2D eigenvalue weighted by Gasteiger charge is -2.13. The van der Waals surface area contributed by atoms with Crippen LogP contribution in [0.25, 0.3) is 5.69 Å². The van der Waals surface area contributed by atoms with Gasteiger partial charge in [0.05, 0.1) is 5.69 Å². The molecule has 0 radical (unpaired) electrons. The lowest BCUT2D eigenvalue weighted by Crippen LogP contribution is -2.37. The fourth-order valence-corrected chi connectivity index (χ4v) is 3.58. The summed E-state index contributed by atoms with van der Waals surface area (Å²) in [7, 11) is 1.82. The minimum absolute atomic E-state index is 0.749. The molecular formula is C20H30N6. The lowest BCUT2D eigenvalue weighted by molar-refractivity contribution is 0.472. The first-order chi connectivity index (χ1) is 12.8. The Kier molecular flexibility index (Phi) is 7.05. The van der Waals surface area contributed by atoms with Crippen LogP contribution in [-0.4, -0.2) is 34.3 Å². The maximum absolute atomic E-state index is 4.31. The molecule has 2 N–H and O–H groups in total. The topological polar surface area (TPSA) is 67.1 Å². The molecule has 1 fully saturated rings. The average Bonchev–Trinajstić information content (AvgIpc) is 3.38. The van der Waals surface area contributed by atoms with E-state index in [1.54, 1.807) is 17.3 Å². The van der Waals surface area contributed by atoms with Crippen LogP contribution >= 0.6 is 0 Å². The number of rotatable bonds is 8. The highest BCUT2D eigenvalue weighted by molar-refractivity contribution is 5.79. The monoisotopic (exact) mass is 354 g/mol. The van der Waals surface area contributed by atoms with Gasteiger partial charge in [-0.1, -0.05) is 50.7 Å². The maximum atomic E-state index is 4.31. The minimum atomic E-state index is 0.749. The van der Waals surface area contributed by atoms with Gasteiger partial charge in [0.1, 0.15) is 12.7 Å². The van der Waals surface area contributed by atoms with Crippen LogP contribution in [0, 0.1) is 5.92 Å². The highest BCUT2D eigenvalue weighted by Crippen LogP contribution is 2.28. The molecule has 3 rings (SSSR count). The molecule has 1 aromatic heterocycles. The number of hydrogen-bond acceptors (Lipinski definition) is 3. The number of unbranched alkanes of at least 4 members (excludes halogenated alkanes) is 1. The van der Waals surface area contributed by atoms with Crippen LogP contribution in [0.15, 0.2) is 41.9 Å². The molecule has 1 aromatic carbocycles. The van der Waals surface area contributed by atoms with Gasteiger partial charge in [-0.05, 0) is 30.0 Å². The Hall–Kier alpha value is -2.37. The van der Waals surface area contributed by atoms with E-state index in [-0.39, 0.29) is 0 Å². The van der Waals surface area contributed by atoms with Crippen LogP contribution in [0.1, 0.15) is 50.5 Å². The van der Waals surface area contributed by atoms with Crippen LogP contribution in [0.4, 0.5) is 0 Å². The van der Waals surface area contributed by atoms with E-state index in [0.717, 1.165) is 30.7 Å². The van der Waals surface area contributed by atoms with Crippen LogP contribution < -0.4 is 10.6 Å². The van der Waals surface area contributed by atoms with E-state index in [4.69, 9.17) is 0 Å². The maximum Gasteiger partial charge on any atom is 0.191 e. The normalized spacial score (nSPS) is 15.3. The predicted octanol–water partition coefficient (Wildman–Crippen LogP) is 3.29. The Bertz CT molecular complexity index is 656. The molecule has 0 unspecified atom stereocenters. The Balaban J connectivity index is 1.34. The molecule has 6 nitrogen and oxygen atoms in total. The van der Waals surface area contributed by atoms with E-state index >= 15 is 0 Å². The fourth-order valence-electron chi connectivity index (χ4n) is 3.58. The third-order valence-electron chi connectivity index (χ3n) is 5.11. The number of benzene rings is 1. The van der Waals surface area contributed by atoms with Crippen molar-refractivity contribution in [2.75, 3.05) is 13.6 Å². The van der Waals surface area contributed by atoms with Crippen molar-refractivity contribution in [1.29, 1.82) is 0 Å². The van der Waals surface area contributed by atoms with Crippen molar-refractivity contribution >= 4 is 5.96 Å². The molecule has 2 aromatic rings. The highest BCUT2D eigenvalue weighted by Gasteiger charge is 2.13. The fraction of sp³-hybridized carbons (Fsp3) is 0.550. The molecular weight excluding hydrogens is 324 g/mol. The Labute approximate surface area is 156 Å². The molecule has 0 aliphatic heterocycles. The summed E-state index contributed by atoms with van der Waals surface area (Å²) in [6.45, 7) is 1.73. The number of nitrogens with zero attached hydrogens (tertiary/aromatic N) is 4. The SMILES string of the molecule is CN=C(NCCCCC1CCCC1)NCc1ccc(-n2cncn2)cc1. The van der Waals surface area contributed by atoms with Gasteiger partial charge in [0, 0.05) is 20.1 Å². The van der Waals surface area contributed by atoms with Gasteiger partial charge in [-0.15, -0.1) is 0 Å². The van der Waals surface area contributed by atoms with Crippen molar-refractivity contribution in [1.82, 2.24) is 25.4 Å². The van der Waals surface area contributed by atoms with Gasteiger partial charge in [-0.3, -0.25) is 4.99 Å². The summed E-state index contributed by atoms with van der Waals surface area (Å²) in [6.07, 6.45) is 13.0. The molecule has 1 saturated carbocycles. The standard InChI is InChI=1S/C20H30N6/c1-21-20(23-13-5-4-8-17-6-2-3-7-17)24-14-18-9-11-19(12-10-18)26-16-22-15-25-26/h9-12,15-17H,2-8,13-14H2,1H3,(H2,21,23,24). The molecule has 26 heavy (non-hydrogen) atoms. The number of hydrogen-bond donors (Lipinski definition) is 2. The second kappa shape index (κ2) is 9.94. The number of guanidine groups is 1. The predicted molar refractivity (Wildman–Crippen MR) is 105 cm³/mol. The van der Waals surface area contributed by atoms with Gasteiger partial charge in [0.25, 0.3) is 0 Å². The van der Waals surface area contributed by atoms with Gasteiger partial charge in [-0.2, -0.15) is 5.10 Å². The van der Waals surface area contributed by atoms with Crippen molar-refractivity contribution in [3.8, 4) is 5.69 Å². The van der Waals surface area contributed by atoms with Crippen molar-refractivity contribution in [3.63, 3.8) is 0 Å². The van der Waals surface area contributed by atoms with Gasteiger partial charge >= 0.3 is 0 Å². The third kappa shape index (κ3) is 5.58. The molecule has 0 spiro atoms. The molecule has 0 bridgehead atoms. The molecule has 1 heterocycles. The van der Waals surface area contributed by atoms with Gasteiger partial charge < -0.3 is 10.6 Å². The van der Waals surface area contributed by atoms with E-state index in [1.165, 1.54) is 50.5 Å². The first-order valence-corrected chi connectivity index (χ1v) is 9.73. The minimum Gasteiger partial charge on any atom is -0.356 e. The zero-order valence-electron chi connectivity index (χ0n) is 15.7. The summed E-state index contributed by atoms with van der Waals surface area (Å²) in [5.74, 6) is 1.86. The second-order valence-electron chi connectivity index (χ2n) is 7.01. The van der Waals surface area contributed by atoms with Crippen LogP contribution in [0.5, 0.6) is 0 Å². The Morgan fingerprint density at radius 1 is 1.15 bits per heavy atom. The van der Waals surface area contributed by atoms with Crippen molar-refractivity contribution in [2.24, 2.45) is 10.9 Å². The van der Waals surface area contributed by atoms with E-state index < -0.39 is 0 Å². The Morgan fingerprint density at radius 2 is 1.96 bits per heavy atom. The summed E-state index contributed by atoms with van der Waals surface area (Å²) in [4.78, 5) is 8.28. The summed E-state index contributed by atoms with van der Waals surface area (Å²) >= 11 is 0. The van der Waals surface area contributed by atoms with Crippen molar-refractivity contribution in [2.45, 2.75) is 51.5 Å². The molecule has 1 aliphatic carbocycles. The summed E-state index contributed by atoms with van der Waals surface area (Å²) in [5, 5.41) is 10.9. The molecule has 6 heteroatoms. The molecule has 1 aliphatic rings. The quantitative estimate of drug-likeness (QED) is 0.434. The summed E-state index contributed by atoms with van der Waals surface area (Å²) < 4.78 is 1.75. The van der Waals surface area contributed by atoms with E-state index in [1.807, 2.05) is 19.2 Å². The summed E-state index contributed by atoms with van der Waals surface area (Å²) in [5.41, 5.74) is 2.22. The van der Waals surface area contributed by atoms with Gasteiger partial charge in [0.2, 0.25) is 0 Å². The van der Waals surface area contributed by atoms with Crippen LogP contribution in [0.3, 0.4) is 0 Å². The number of aromatic nitrogens is 3. The van der Waals surface area contributed by atoms with Gasteiger partial charge in [0.15, 0.2) is 5.96 Å². The number of aliphatic imine (C=N–C) groups is 1. The second-order valence-corrected chi connectivity index (χ2v) is 7.01. The zero-order chi connectivity index (χ0) is 18.0. The van der Waals surface area contributed by atoms with E-state index in [2.05, 4.69) is 37.8 Å². The summed E-state index contributed by atoms with van der Waals surface area (Å²) in [6, 6.07) is 8.29. The largest absolute Gasteiger partial charge is 0.356 e.